The van der Waals surface area contributed by atoms with E-state index in [4.69, 9.17) is 15.2 Å². The van der Waals surface area contributed by atoms with Crippen molar-refractivity contribution in [2.75, 3.05) is 26.9 Å². The highest BCUT2D eigenvalue weighted by Gasteiger charge is 2.04. The number of hydrogen-bond acceptors (Lipinski definition) is 3. The summed E-state index contributed by atoms with van der Waals surface area (Å²) in [7, 11) is 1.72. The average Bonchev–Trinajstić information content (AvgIpc) is 2.30. The third-order valence-corrected chi connectivity index (χ3v) is 2.43. The molecule has 3 nitrogen and oxygen atoms in total. The van der Waals surface area contributed by atoms with Gasteiger partial charge in [0.15, 0.2) is 0 Å². The zero-order valence-electron chi connectivity index (χ0n) is 10.2. The summed E-state index contributed by atoms with van der Waals surface area (Å²) >= 11 is 0. The maximum Gasteiger partial charge on any atom is 0.122 e. The molecule has 90 valence electrons. The Balaban J connectivity index is 2.79. The molecule has 0 aliphatic rings. The Morgan fingerprint density at radius 2 is 2.06 bits per heavy atom. The van der Waals surface area contributed by atoms with Crippen LogP contribution in [-0.2, 0) is 17.6 Å². The van der Waals surface area contributed by atoms with Crippen LogP contribution in [0.4, 0.5) is 0 Å². The number of methoxy groups -OCH3 is 1. The first kappa shape index (κ1) is 13.0. The molecular weight excluding hydrogens is 202 g/mol. The molecule has 1 aromatic rings. The summed E-state index contributed by atoms with van der Waals surface area (Å²) in [6.45, 7) is 4.07. The van der Waals surface area contributed by atoms with E-state index in [0.717, 1.165) is 25.2 Å². The lowest BCUT2D eigenvalue weighted by molar-refractivity contribution is 0.202. The molecule has 0 amide bonds. The maximum atomic E-state index is 5.60. The second-order valence-corrected chi connectivity index (χ2v) is 3.66. The summed E-state index contributed by atoms with van der Waals surface area (Å²) in [5.41, 5.74) is 8.06. The Hall–Kier alpha value is -1.06. The second-order valence-electron chi connectivity index (χ2n) is 3.66. The van der Waals surface area contributed by atoms with Gasteiger partial charge in [-0.25, -0.2) is 0 Å². The number of ether oxygens (including phenoxy) is 2. The molecule has 3 heteroatoms. The van der Waals surface area contributed by atoms with Gasteiger partial charge in [-0.1, -0.05) is 12.1 Å². The van der Waals surface area contributed by atoms with Crippen LogP contribution < -0.4 is 10.5 Å². The van der Waals surface area contributed by atoms with Crippen molar-refractivity contribution in [3.63, 3.8) is 0 Å². The highest BCUT2D eigenvalue weighted by atomic mass is 16.5. The van der Waals surface area contributed by atoms with Crippen molar-refractivity contribution >= 4 is 0 Å². The van der Waals surface area contributed by atoms with Crippen molar-refractivity contribution in [1.82, 2.24) is 0 Å². The topological polar surface area (TPSA) is 44.5 Å². The summed E-state index contributed by atoms with van der Waals surface area (Å²) in [4.78, 5) is 0. The molecule has 0 spiro atoms. The molecule has 0 aromatic heterocycles. The number of nitrogens with two attached hydrogens (primary N) is 1. The van der Waals surface area contributed by atoms with Gasteiger partial charge in [0.25, 0.3) is 0 Å². The molecule has 0 unspecified atom stereocenters. The molecule has 1 aromatic carbocycles. The van der Waals surface area contributed by atoms with E-state index in [2.05, 4.69) is 12.1 Å². The van der Waals surface area contributed by atoms with Crippen molar-refractivity contribution in [1.29, 1.82) is 0 Å². The molecule has 2 N–H and O–H groups in total. The fraction of sp³-hybridized carbons (Fsp3) is 0.538. The molecule has 0 fully saturated rings. The second kappa shape index (κ2) is 7.25. The van der Waals surface area contributed by atoms with E-state index in [9.17, 15) is 0 Å². The number of rotatable bonds is 7. The minimum absolute atomic E-state index is 0.647. The van der Waals surface area contributed by atoms with E-state index in [0.29, 0.717) is 13.2 Å². The van der Waals surface area contributed by atoms with Crippen molar-refractivity contribution in [3.05, 3.63) is 29.3 Å². The summed E-state index contributed by atoms with van der Waals surface area (Å²) in [5.74, 6) is 0.953. The first-order chi connectivity index (χ1) is 7.81. The summed E-state index contributed by atoms with van der Waals surface area (Å²) in [6, 6.07) is 6.28. The molecule has 0 bridgehead atoms. The number of hydrogen-bond donors (Lipinski definition) is 1. The molecule has 1 rings (SSSR count). The van der Waals surface area contributed by atoms with Crippen LogP contribution in [0.2, 0.25) is 0 Å². The Morgan fingerprint density at radius 3 is 2.69 bits per heavy atom. The third-order valence-electron chi connectivity index (χ3n) is 2.43. The van der Waals surface area contributed by atoms with Crippen LogP contribution in [0.1, 0.15) is 18.1 Å². The van der Waals surface area contributed by atoms with Crippen molar-refractivity contribution in [3.8, 4) is 5.75 Å². The van der Waals surface area contributed by atoms with Gasteiger partial charge in [-0.3, -0.25) is 0 Å². The Morgan fingerprint density at radius 1 is 1.25 bits per heavy atom. The quantitative estimate of drug-likeness (QED) is 0.766. The molecule has 0 aliphatic heterocycles. The zero-order chi connectivity index (χ0) is 11.8. The number of benzene rings is 1. The SMILES string of the molecule is CCOc1ccc(CCOC)cc1CCN. The highest BCUT2D eigenvalue weighted by molar-refractivity contribution is 5.37. The van der Waals surface area contributed by atoms with E-state index in [1.807, 2.05) is 13.0 Å². The van der Waals surface area contributed by atoms with E-state index in [1.54, 1.807) is 7.11 Å². The van der Waals surface area contributed by atoms with Gasteiger partial charge in [-0.15, -0.1) is 0 Å². The van der Waals surface area contributed by atoms with E-state index < -0.39 is 0 Å². The molecular formula is C13H21NO2. The summed E-state index contributed by atoms with van der Waals surface area (Å²) in [5, 5.41) is 0. The molecule has 0 saturated heterocycles. The third kappa shape index (κ3) is 3.83. The predicted octanol–water partition coefficient (Wildman–Crippen LogP) is 1.78. The Kier molecular flexibility index (Phi) is 5.90. The van der Waals surface area contributed by atoms with E-state index in [1.165, 1.54) is 11.1 Å². The van der Waals surface area contributed by atoms with Crippen LogP contribution >= 0.6 is 0 Å². The van der Waals surface area contributed by atoms with Crippen LogP contribution in [0.15, 0.2) is 18.2 Å². The van der Waals surface area contributed by atoms with Gasteiger partial charge in [0.1, 0.15) is 5.75 Å². The van der Waals surface area contributed by atoms with Crippen LogP contribution in [0.5, 0.6) is 5.75 Å². The van der Waals surface area contributed by atoms with Crippen LogP contribution in [0.3, 0.4) is 0 Å². The van der Waals surface area contributed by atoms with Gasteiger partial charge in [0.2, 0.25) is 0 Å². The summed E-state index contributed by atoms with van der Waals surface area (Å²) < 4.78 is 10.6. The molecule has 0 atom stereocenters. The monoisotopic (exact) mass is 223 g/mol. The van der Waals surface area contributed by atoms with Gasteiger partial charge in [0, 0.05) is 7.11 Å². The lowest BCUT2D eigenvalue weighted by atomic mass is 10.0. The van der Waals surface area contributed by atoms with Gasteiger partial charge >= 0.3 is 0 Å². The Bertz CT molecular complexity index is 313. The lowest BCUT2D eigenvalue weighted by Crippen LogP contribution is -2.06. The normalized spacial score (nSPS) is 10.4. The lowest BCUT2D eigenvalue weighted by Gasteiger charge is -2.11. The standard InChI is InChI=1S/C13H21NO2/c1-3-16-13-5-4-11(7-9-15-2)10-12(13)6-8-14/h4-5,10H,3,6-9,14H2,1-2H3. The first-order valence-electron chi connectivity index (χ1n) is 5.75. The smallest absolute Gasteiger partial charge is 0.122 e. The van der Waals surface area contributed by atoms with Gasteiger partial charge in [-0.05, 0) is 43.5 Å². The highest BCUT2D eigenvalue weighted by Crippen LogP contribution is 2.21. The fourth-order valence-corrected chi connectivity index (χ4v) is 1.66. The fourth-order valence-electron chi connectivity index (χ4n) is 1.66. The van der Waals surface area contributed by atoms with Crippen LogP contribution in [0, 0.1) is 0 Å². The van der Waals surface area contributed by atoms with Gasteiger partial charge < -0.3 is 15.2 Å². The minimum atomic E-state index is 0.647. The Labute approximate surface area is 97.6 Å². The average molecular weight is 223 g/mol. The van der Waals surface area contributed by atoms with Gasteiger partial charge in [0.05, 0.1) is 13.2 Å². The molecule has 16 heavy (non-hydrogen) atoms. The molecule has 0 radical (unpaired) electrons. The van der Waals surface area contributed by atoms with Gasteiger partial charge in [-0.2, -0.15) is 0 Å². The minimum Gasteiger partial charge on any atom is -0.494 e. The molecule has 0 heterocycles. The van der Waals surface area contributed by atoms with E-state index in [-0.39, 0.29) is 0 Å². The maximum absolute atomic E-state index is 5.60. The molecule has 0 aliphatic carbocycles. The van der Waals surface area contributed by atoms with Crippen molar-refractivity contribution in [2.45, 2.75) is 19.8 Å². The largest absolute Gasteiger partial charge is 0.494 e. The van der Waals surface area contributed by atoms with Crippen LogP contribution in [0.25, 0.3) is 0 Å². The predicted molar refractivity (Wildman–Crippen MR) is 65.9 cm³/mol. The van der Waals surface area contributed by atoms with E-state index >= 15 is 0 Å². The van der Waals surface area contributed by atoms with Crippen molar-refractivity contribution in [2.24, 2.45) is 5.73 Å². The molecule has 0 saturated carbocycles. The summed E-state index contributed by atoms with van der Waals surface area (Å²) in [6.07, 6.45) is 1.79. The zero-order valence-corrected chi connectivity index (χ0v) is 10.2. The first-order valence-corrected chi connectivity index (χ1v) is 5.75. The van der Waals surface area contributed by atoms with Crippen molar-refractivity contribution < 1.29 is 9.47 Å². The van der Waals surface area contributed by atoms with Crippen LogP contribution in [-0.4, -0.2) is 26.9 Å².